The molecule has 23 heavy (non-hydrogen) atoms. The maximum Gasteiger partial charge on any atom is 0.407 e. The topological polar surface area (TPSA) is 70.6 Å². The third kappa shape index (κ3) is 6.06. The molecule has 128 valence electrons. The van der Waals surface area contributed by atoms with Crippen molar-refractivity contribution in [2.75, 3.05) is 6.54 Å². The Bertz CT molecular complexity index is 553. The Morgan fingerprint density at radius 3 is 2.70 bits per heavy atom. The standard InChI is InChI=1S/C17H25FN2O3/c1-17(2,3)23-16(22)20-14(12-5-6-12)10-19-9-11-4-7-15(21)13(18)8-11/h4,7-8,12,14,19,21H,5-6,9-10H2,1-3H3,(H,20,22). The molecule has 0 radical (unpaired) electrons. The van der Waals surface area contributed by atoms with Crippen LogP contribution in [0.3, 0.4) is 0 Å². The molecule has 6 heteroatoms. The van der Waals surface area contributed by atoms with Crippen LogP contribution in [0.25, 0.3) is 0 Å². The number of phenolic OH excluding ortho intramolecular Hbond substituents is 1. The third-order valence-electron chi connectivity index (χ3n) is 3.60. The first-order chi connectivity index (χ1) is 10.7. The normalized spacial score (nSPS) is 16.0. The third-order valence-corrected chi connectivity index (χ3v) is 3.60. The van der Waals surface area contributed by atoms with Crippen molar-refractivity contribution in [1.82, 2.24) is 10.6 Å². The number of hydrogen-bond acceptors (Lipinski definition) is 4. The van der Waals surface area contributed by atoms with E-state index in [9.17, 15) is 14.3 Å². The van der Waals surface area contributed by atoms with E-state index in [0.29, 0.717) is 19.0 Å². The summed E-state index contributed by atoms with van der Waals surface area (Å²) < 4.78 is 18.6. The number of hydrogen-bond donors (Lipinski definition) is 3. The number of aromatic hydroxyl groups is 1. The number of carbonyl (C=O) groups excluding carboxylic acids is 1. The number of alkyl carbamates (subject to hydrolysis) is 1. The van der Waals surface area contributed by atoms with Gasteiger partial charge in [-0.25, -0.2) is 9.18 Å². The SMILES string of the molecule is CC(C)(C)OC(=O)NC(CNCc1ccc(O)c(F)c1)C1CC1. The minimum absolute atomic E-state index is 0.00631. The molecule has 1 atom stereocenters. The average molecular weight is 324 g/mol. The maximum atomic E-state index is 13.3. The molecule has 1 aliphatic rings. The van der Waals surface area contributed by atoms with Gasteiger partial charge in [0.2, 0.25) is 0 Å². The summed E-state index contributed by atoms with van der Waals surface area (Å²) in [6.07, 6.45) is 1.78. The highest BCUT2D eigenvalue weighted by Gasteiger charge is 2.33. The van der Waals surface area contributed by atoms with Crippen LogP contribution in [-0.2, 0) is 11.3 Å². The molecule has 0 spiro atoms. The number of nitrogens with one attached hydrogen (secondary N) is 2. The van der Waals surface area contributed by atoms with E-state index in [0.717, 1.165) is 18.4 Å². The Labute approximate surface area is 136 Å². The van der Waals surface area contributed by atoms with Gasteiger partial charge in [-0.2, -0.15) is 0 Å². The van der Waals surface area contributed by atoms with Crippen molar-refractivity contribution in [3.8, 4) is 5.75 Å². The molecular weight excluding hydrogens is 299 g/mol. The Balaban J connectivity index is 1.81. The number of benzene rings is 1. The lowest BCUT2D eigenvalue weighted by Gasteiger charge is -2.24. The summed E-state index contributed by atoms with van der Waals surface area (Å²) in [6, 6.07) is 4.31. The molecule has 0 aromatic heterocycles. The predicted octanol–water partition coefficient (Wildman–Crippen LogP) is 2.92. The maximum absolute atomic E-state index is 13.3. The van der Waals surface area contributed by atoms with Gasteiger partial charge in [-0.1, -0.05) is 6.07 Å². The van der Waals surface area contributed by atoms with Crippen molar-refractivity contribution < 1.29 is 19.0 Å². The number of phenols is 1. The molecule has 0 saturated heterocycles. The number of rotatable bonds is 6. The zero-order valence-corrected chi connectivity index (χ0v) is 13.9. The number of amides is 1. The number of carbonyl (C=O) groups is 1. The number of halogens is 1. The second-order valence-corrected chi connectivity index (χ2v) is 7.01. The van der Waals surface area contributed by atoms with Crippen LogP contribution < -0.4 is 10.6 Å². The van der Waals surface area contributed by atoms with Gasteiger partial charge < -0.3 is 20.5 Å². The zero-order valence-electron chi connectivity index (χ0n) is 13.9. The molecule has 1 saturated carbocycles. The van der Waals surface area contributed by atoms with Gasteiger partial charge in [0.25, 0.3) is 0 Å². The molecule has 1 aromatic carbocycles. The van der Waals surface area contributed by atoms with Crippen molar-refractivity contribution in [3.63, 3.8) is 0 Å². The van der Waals surface area contributed by atoms with Crippen LogP contribution in [0.15, 0.2) is 18.2 Å². The molecule has 1 aliphatic carbocycles. The fourth-order valence-corrected chi connectivity index (χ4v) is 2.33. The average Bonchev–Trinajstić information content (AvgIpc) is 3.24. The predicted molar refractivity (Wildman–Crippen MR) is 85.7 cm³/mol. The fraction of sp³-hybridized carbons (Fsp3) is 0.588. The largest absolute Gasteiger partial charge is 0.505 e. The van der Waals surface area contributed by atoms with Gasteiger partial charge in [0.1, 0.15) is 5.60 Å². The van der Waals surface area contributed by atoms with Gasteiger partial charge in [-0.15, -0.1) is 0 Å². The molecule has 0 aliphatic heterocycles. The van der Waals surface area contributed by atoms with E-state index in [-0.39, 0.29) is 11.8 Å². The fourth-order valence-electron chi connectivity index (χ4n) is 2.33. The summed E-state index contributed by atoms with van der Waals surface area (Å²) in [5.74, 6) is -0.516. The quantitative estimate of drug-likeness (QED) is 0.752. The van der Waals surface area contributed by atoms with Gasteiger partial charge in [-0.3, -0.25) is 0 Å². The number of ether oxygens (including phenoxy) is 1. The molecule has 0 bridgehead atoms. The smallest absolute Gasteiger partial charge is 0.407 e. The molecule has 1 fully saturated rings. The van der Waals surface area contributed by atoms with Crippen LogP contribution in [-0.4, -0.2) is 29.4 Å². The molecule has 1 amide bonds. The van der Waals surface area contributed by atoms with Crippen LogP contribution in [0.5, 0.6) is 5.75 Å². The van der Waals surface area contributed by atoms with E-state index in [2.05, 4.69) is 10.6 Å². The molecular formula is C17H25FN2O3. The van der Waals surface area contributed by atoms with Crippen molar-refractivity contribution in [3.05, 3.63) is 29.6 Å². The molecule has 1 unspecified atom stereocenters. The van der Waals surface area contributed by atoms with E-state index in [1.807, 2.05) is 20.8 Å². The summed E-state index contributed by atoms with van der Waals surface area (Å²) in [5.41, 5.74) is 0.224. The molecule has 2 rings (SSSR count). The second-order valence-electron chi connectivity index (χ2n) is 7.01. The van der Waals surface area contributed by atoms with E-state index in [1.54, 1.807) is 6.07 Å². The minimum atomic E-state index is -0.630. The van der Waals surface area contributed by atoms with Gasteiger partial charge in [0.05, 0.1) is 0 Å². The van der Waals surface area contributed by atoms with Crippen molar-refractivity contribution in [1.29, 1.82) is 0 Å². The Kier molecular flexibility index (Phi) is 5.46. The zero-order chi connectivity index (χ0) is 17.0. The molecule has 1 aromatic rings. The first-order valence-corrected chi connectivity index (χ1v) is 7.92. The Morgan fingerprint density at radius 1 is 1.43 bits per heavy atom. The lowest BCUT2D eigenvalue weighted by molar-refractivity contribution is 0.0497. The highest BCUT2D eigenvalue weighted by atomic mass is 19.1. The van der Waals surface area contributed by atoms with E-state index < -0.39 is 17.5 Å². The summed E-state index contributed by atoms with van der Waals surface area (Å²) >= 11 is 0. The van der Waals surface area contributed by atoms with E-state index in [4.69, 9.17) is 4.74 Å². The second kappa shape index (κ2) is 7.17. The van der Waals surface area contributed by atoms with Gasteiger partial charge >= 0.3 is 6.09 Å². The van der Waals surface area contributed by atoms with Crippen LogP contribution in [0.2, 0.25) is 0 Å². The summed E-state index contributed by atoms with van der Waals surface area (Å²) in [6.45, 7) is 6.55. The molecule has 0 heterocycles. The van der Waals surface area contributed by atoms with Gasteiger partial charge in [-0.05, 0) is 57.2 Å². The first-order valence-electron chi connectivity index (χ1n) is 7.92. The molecule has 3 N–H and O–H groups in total. The lowest BCUT2D eigenvalue weighted by atomic mass is 10.1. The van der Waals surface area contributed by atoms with Gasteiger partial charge in [0.15, 0.2) is 11.6 Å². The van der Waals surface area contributed by atoms with Crippen LogP contribution in [0.4, 0.5) is 9.18 Å². The monoisotopic (exact) mass is 324 g/mol. The lowest BCUT2D eigenvalue weighted by Crippen LogP contribution is -2.45. The van der Waals surface area contributed by atoms with E-state index in [1.165, 1.54) is 12.1 Å². The summed E-state index contributed by atoms with van der Waals surface area (Å²) in [5, 5.41) is 15.3. The van der Waals surface area contributed by atoms with Crippen LogP contribution >= 0.6 is 0 Å². The highest BCUT2D eigenvalue weighted by molar-refractivity contribution is 5.68. The summed E-state index contributed by atoms with van der Waals surface area (Å²) in [4.78, 5) is 11.9. The van der Waals surface area contributed by atoms with Gasteiger partial charge in [0, 0.05) is 19.1 Å². The highest BCUT2D eigenvalue weighted by Crippen LogP contribution is 2.32. The van der Waals surface area contributed by atoms with Crippen LogP contribution in [0.1, 0.15) is 39.2 Å². The Morgan fingerprint density at radius 2 is 2.13 bits per heavy atom. The molecule has 5 nitrogen and oxygen atoms in total. The Hall–Kier alpha value is -1.82. The van der Waals surface area contributed by atoms with Crippen LogP contribution in [0, 0.1) is 11.7 Å². The van der Waals surface area contributed by atoms with Crippen molar-refractivity contribution in [2.24, 2.45) is 5.92 Å². The minimum Gasteiger partial charge on any atom is -0.505 e. The van der Waals surface area contributed by atoms with Crippen molar-refractivity contribution in [2.45, 2.75) is 51.8 Å². The summed E-state index contributed by atoms with van der Waals surface area (Å²) in [7, 11) is 0. The van der Waals surface area contributed by atoms with E-state index >= 15 is 0 Å². The first kappa shape index (κ1) is 17.5. The van der Waals surface area contributed by atoms with Crippen molar-refractivity contribution >= 4 is 6.09 Å².